The predicted octanol–water partition coefficient (Wildman–Crippen LogP) is 3.99. The van der Waals surface area contributed by atoms with Crippen LogP contribution in [0, 0.1) is 11.8 Å². The van der Waals surface area contributed by atoms with E-state index in [1.54, 1.807) is 18.5 Å². The minimum Gasteiger partial charge on any atom is -0.494 e. The minimum absolute atomic E-state index is 0.0119. The van der Waals surface area contributed by atoms with Gasteiger partial charge in [-0.1, -0.05) is 44.2 Å². The molecular weight excluding hydrogens is 662 g/mol. The number of aliphatic hydroxyl groups is 1. The number of rotatable bonds is 14. The number of ether oxygens (including phenoxy) is 3. The molecule has 2 unspecified atom stereocenters. The Balaban J connectivity index is 1.22. The smallest absolute Gasteiger partial charge is 0.407 e. The number of aliphatic imine (C=N–C) groups is 1. The molecule has 0 saturated carbocycles. The summed E-state index contributed by atoms with van der Waals surface area (Å²) in [6, 6.07) is 16.7. The van der Waals surface area contributed by atoms with E-state index in [4.69, 9.17) is 14.2 Å². The highest BCUT2D eigenvalue weighted by molar-refractivity contribution is 7.89. The van der Waals surface area contributed by atoms with Crippen LogP contribution in [-0.2, 0) is 37.2 Å². The Kier molecular flexibility index (Phi) is 11.1. The lowest BCUT2D eigenvalue weighted by Gasteiger charge is -2.31. The van der Waals surface area contributed by atoms with Crippen LogP contribution in [0.15, 0.2) is 82.9 Å². The molecule has 4 heterocycles. The Labute approximate surface area is 291 Å². The van der Waals surface area contributed by atoms with Gasteiger partial charge < -0.3 is 34.7 Å². The largest absolute Gasteiger partial charge is 0.494 e. The molecule has 50 heavy (non-hydrogen) atoms. The van der Waals surface area contributed by atoms with Gasteiger partial charge in [-0.2, -0.15) is 4.31 Å². The molecule has 2 aromatic heterocycles. The van der Waals surface area contributed by atoms with E-state index in [1.807, 2.05) is 56.3 Å². The van der Waals surface area contributed by atoms with Crippen LogP contribution in [0.25, 0.3) is 10.9 Å². The molecule has 2 aliphatic rings. The molecule has 0 radical (unpaired) electrons. The number of carbonyl (C=O) groups is 1. The summed E-state index contributed by atoms with van der Waals surface area (Å²) in [5.41, 5.74) is 2.67. The fourth-order valence-corrected chi connectivity index (χ4v) is 8.03. The maximum absolute atomic E-state index is 14.3. The molecule has 5 atom stereocenters. The number of aromatic amines is 1. The van der Waals surface area contributed by atoms with Gasteiger partial charge in [-0.3, -0.25) is 9.98 Å². The zero-order valence-corrected chi connectivity index (χ0v) is 28.8. The molecule has 4 N–H and O–H groups in total. The van der Waals surface area contributed by atoms with Crippen LogP contribution >= 0.6 is 0 Å². The van der Waals surface area contributed by atoms with Gasteiger partial charge in [0.05, 0.1) is 48.3 Å². The Bertz CT molecular complexity index is 1890. The first-order valence-corrected chi connectivity index (χ1v) is 18.2. The van der Waals surface area contributed by atoms with Gasteiger partial charge in [-0.25, -0.2) is 13.2 Å². The van der Waals surface area contributed by atoms with Crippen LogP contribution in [0.1, 0.15) is 37.0 Å². The van der Waals surface area contributed by atoms with Crippen molar-refractivity contribution in [1.29, 1.82) is 0 Å². The fraction of sp³-hybridized carbons (Fsp3) is 0.417. The number of nitrogens with zero attached hydrogens (tertiary/aromatic N) is 3. The third-order valence-corrected chi connectivity index (χ3v) is 10.8. The zero-order valence-electron chi connectivity index (χ0n) is 28.0. The Morgan fingerprint density at radius 1 is 1.12 bits per heavy atom. The quantitative estimate of drug-likeness (QED) is 0.141. The Hall–Kier alpha value is -4.34. The minimum atomic E-state index is -4.17. The number of nitrogens with one attached hydrogen (secondary N) is 2. The molecule has 2 fully saturated rings. The molecule has 2 aromatic carbocycles. The molecular formula is C36H43N5O8S. The van der Waals surface area contributed by atoms with Gasteiger partial charge in [0.2, 0.25) is 10.0 Å². The number of aromatic hydroxyl groups is 1. The molecule has 6 rings (SSSR count). The van der Waals surface area contributed by atoms with Crippen molar-refractivity contribution in [3.63, 3.8) is 0 Å². The van der Waals surface area contributed by atoms with Crippen LogP contribution in [0.2, 0.25) is 0 Å². The van der Waals surface area contributed by atoms with Gasteiger partial charge in [0.15, 0.2) is 12.2 Å². The summed E-state index contributed by atoms with van der Waals surface area (Å²) in [5, 5.41) is 25.6. The number of hydrogen-bond acceptors (Lipinski definition) is 10. The topological polar surface area (TPSA) is 176 Å². The monoisotopic (exact) mass is 705 g/mol. The number of sulfonamides is 1. The number of fused-ring (bicyclic) bond motifs is 2. The van der Waals surface area contributed by atoms with Crippen molar-refractivity contribution in [3.05, 3.63) is 89.7 Å². The van der Waals surface area contributed by atoms with Crippen molar-refractivity contribution in [2.24, 2.45) is 16.8 Å². The molecule has 266 valence electrons. The average Bonchev–Trinajstić information content (AvgIpc) is 3.80. The van der Waals surface area contributed by atoms with E-state index in [-0.39, 0.29) is 48.7 Å². The molecule has 2 saturated heterocycles. The van der Waals surface area contributed by atoms with E-state index in [1.165, 1.54) is 22.7 Å². The van der Waals surface area contributed by atoms with E-state index >= 15 is 0 Å². The number of amides is 1. The van der Waals surface area contributed by atoms with E-state index < -0.39 is 40.7 Å². The second-order valence-corrected chi connectivity index (χ2v) is 15.1. The molecule has 0 bridgehead atoms. The van der Waals surface area contributed by atoms with Gasteiger partial charge in [0, 0.05) is 42.6 Å². The van der Waals surface area contributed by atoms with Crippen molar-refractivity contribution >= 4 is 33.2 Å². The third kappa shape index (κ3) is 8.33. The number of hydrogen-bond donors (Lipinski definition) is 4. The van der Waals surface area contributed by atoms with Crippen molar-refractivity contribution in [3.8, 4) is 5.88 Å². The van der Waals surface area contributed by atoms with Crippen molar-refractivity contribution < 1.29 is 37.6 Å². The molecule has 2 aliphatic heterocycles. The zero-order chi connectivity index (χ0) is 35.3. The Morgan fingerprint density at radius 2 is 1.90 bits per heavy atom. The number of pyridine rings is 1. The molecule has 13 nitrogen and oxygen atoms in total. The van der Waals surface area contributed by atoms with Crippen LogP contribution < -0.4 is 5.32 Å². The lowest BCUT2D eigenvalue weighted by molar-refractivity contribution is -0.0907. The van der Waals surface area contributed by atoms with Crippen molar-refractivity contribution in [2.45, 2.75) is 62.7 Å². The van der Waals surface area contributed by atoms with Gasteiger partial charge in [0.25, 0.3) is 0 Å². The van der Waals surface area contributed by atoms with Gasteiger partial charge >= 0.3 is 6.09 Å². The van der Waals surface area contributed by atoms with E-state index in [2.05, 4.69) is 20.3 Å². The lowest BCUT2D eigenvalue weighted by atomic mass is 10.0. The Morgan fingerprint density at radius 3 is 2.66 bits per heavy atom. The highest BCUT2D eigenvalue weighted by Gasteiger charge is 2.44. The predicted molar refractivity (Wildman–Crippen MR) is 186 cm³/mol. The summed E-state index contributed by atoms with van der Waals surface area (Å²) in [7, 11) is -4.17. The summed E-state index contributed by atoms with van der Waals surface area (Å²) >= 11 is 0. The first-order chi connectivity index (χ1) is 24.1. The molecule has 14 heteroatoms. The summed E-state index contributed by atoms with van der Waals surface area (Å²) in [5.74, 6) is -0.274. The summed E-state index contributed by atoms with van der Waals surface area (Å²) < 4.78 is 46.6. The number of H-pyrrole nitrogens is 1. The van der Waals surface area contributed by atoms with E-state index in [0.717, 1.165) is 17.5 Å². The summed E-state index contributed by atoms with van der Waals surface area (Å²) in [6.07, 6.45) is 2.91. The first-order valence-electron chi connectivity index (χ1n) is 16.7. The maximum atomic E-state index is 14.3. The maximum Gasteiger partial charge on any atom is 0.407 e. The number of aliphatic hydroxyl groups excluding tert-OH is 1. The molecule has 1 amide bonds. The molecule has 4 aromatic rings. The first kappa shape index (κ1) is 35.5. The molecule has 0 aliphatic carbocycles. The van der Waals surface area contributed by atoms with Crippen LogP contribution in [0.4, 0.5) is 4.79 Å². The second kappa shape index (κ2) is 15.7. The van der Waals surface area contributed by atoms with Crippen LogP contribution in [-0.4, -0.2) is 96.1 Å². The van der Waals surface area contributed by atoms with E-state index in [9.17, 15) is 23.4 Å². The molecule has 0 spiro atoms. The standard InChI is InChI=1S/C36H43N5O8S/c1-23(2)20-41(50(45,46)26-8-9-30-28(17-26)29(34(43)39-30)19-38-18-25-10-13-37-14-11-25)21-32(42)31(16-24-6-4-3-5-7-24)40-36(44)49-33-22-48-35-27(33)12-15-47-35/h3-11,13-14,17,19,23,27,31-33,35,39,42-43H,12,15-16,18,20-22H2,1-2H3,(H,40,44)/t27?,31-,32+,33-,35?/m0/s1. The van der Waals surface area contributed by atoms with Gasteiger partial charge in [-0.15, -0.1) is 0 Å². The summed E-state index contributed by atoms with van der Waals surface area (Å²) in [4.78, 5) is 24.5. The number of benzene rings is 2. The normalized spacial score (nSPS) is 20.5. The summed E-state index contributed by atoms with van der Waals surface area (Å²) in [6.45, 7) is 4.70. The van der Waals surface area contributed by atoms with Crippen molar-refractivity contribution in [2.75, 3.05) is 26.3 Å². The average molecular weight is 706 g/mol. The van der Waals surface area contributed by atoms with Crippen LogP contribution in [0.5, 0.6) is 5.88 Å². The lowest BCUT2D eigenvalue weighted by Crippen LogP contribution is -2.51. The number of aromatic nitrogens is 2. The van der Waals surface area contributed by atoms with Crippen LogP contribution in [0.3, 0.4) is 0 Å². The number of alkyl carbamates (subject to hydrolysis) is 1. The van der Waals surface area contributed by atoms with Crippen molar-refractivity contribution in [1.82, 2.24) is 19.6 Å². The highest BCUT2D eigenvalue weighted by atomic mass is 32.2. The SMILES string of the molecule is CC(C)CN(C[C@@H](O)[C@H](Cc1ccccc1)NC(=O)O[C@H]1COC2OCCC21)S(=O)(=O)c1ccc2[nH]c(O)c(C=NCc3ccncc3)c2c1. The second-order valence-electron chi connectivity index (χ2n) is 13.1. The number of carbonyl (C=O) groups excluding carboxylic acids is 1. The third-order valence-electron chi connectivity index (χ3n) is 8.94. The van der Waals surface area contributed by atoms with E-state index in [0.29, 0.717) is 29.6 Å². The van der Waals surface area contributed by atoms with Gasteiger partial charge in [0.1, 0.15) is 6.10 Å². The fourth-order valence-electron chi connectivity index (χ4n) is 6.38. The highest BCUT2D eigenvalue weighted by Crippen LogP contribution is 2.33. The van der Waals surface area contributed by atoms with Gasteiger partial charge in [-0.05, 0) is 60.2 Å².